The molecule has 120 valence electrons. The Labute approximate surface area is 129 Å². The summed E-state index contributed by atoms with van der Waals surface area (Å²) in [5.74, 6) is -3.25. The van der Waals surface area contributed by atoms with E-state index < -0.39 is 31.6 Å². The number of aliphatic carboxylic acids is 1. The lowest BCUT2D eigenvalue weighted by Gasteiger charge is -2.27. The summed E-state index contributed by atoms with van der Waals surface area (Å²) in [6, 6.07) is 9.25. The maximum absolute atomic E-state index is 11.4. The summed E-state index contributed by atoms with van der Waals surface area (Å²) in [7, 11) is -1.76. The number of aliphatic hydroxyl groups is 1. The smallest absolute Gasteiger partial charge is 0.309 e. The second kappa shape index (κ2) is 8.51. The van der Waals surface area contributed by atoms with Gasteiger partial charge in [-0.2, -0.15) is 0 Å². The molecule has 0 radical (unpaired) electrons. The Morgan fingerprint density at radius 1 is 1.32 bits per heavy atom. The number of carboxylic acid groups (broad SMARTS) is 1. The van der Waals surface area contributed by atoms with E-state index >= 15 is 0 Å². The molecule has 0 aliphatic heterocycles. The number of benzene rings is 1. The predicted molar refractivity (Wildman–Crippen MR) is 85.0 cm³/mol. The van der Waals surface area contributed by atoms with Crippen molar-refractivity contribution in [1.82, 2.24) is 0 Å². The highest BCUT2D eigenvalue weighted by atomic mass is 31.1. The van der Waals surface area contributed by atoms with Crippen molar-refractivity contribution in [2.24, 2.45) is 11.7 Å². The summed E-state index contributed by atoms with van der Waals surface area (Å²) in [5, 5.41) is 17.7. The van der Waals surface area contributed by atoms with E-state index in [9.17, 15) is 24.4 Å². The molecule has 1 rings (SSSR count). The number of rotatable bonds is 9. The average Bonchev–Trinajstić information content (AvgIpc) is 2.47. The second-order valence-electron chi connectivity index (χ2n) is 5.02. The third-order valence-electron chi connectivity index (χ3n) is 3.34. The Hall–Kier alpha value is -1.91. The zero-order valence-electron chi connectivity index (χ0n) is 12.0. The summed E-state index contributed by atoms with van der Waals surface area (Å²) in [6.07, 6.45) is 2.90. The molecule has 7 heteroatoms. The van der Waals surface area contributed by atoms with E-state index in [1.54, 1.807) is 12.2 Å². The molecular weight excluding hydrogens is 305 g/mol. The van der Waals surface area contributed by atoms with Crippen LogP contribution in [0.5, 0.6) is 0 Å². The monoisotopic (exact) mass is 325 g/mol. The molecule has 0 aromatic heterocycles. The van der Waals surface area contributed by atoms with Crippen LogP contribution in [-0.2, 0) is 14.2 Å². The average molecular weight is 325 g/mol. The molecule has 3 atom stereocenters. The van der Waals surface area contributed by atoms with Crippen molar-refractivity contribution >= 4 is 26.4 Å². The van der Waals surface area contributed by atoms with Crippen molar-refractivity contribution in [3.8, 4) is 0 Å². The normalized spacial score (nSPS) is 15.9. The van der Waals surface area contributed by atoms with Crippen LogP contribution in [0.4, 0.5) is 0 Å². The van der Waals surface area contributed by atoms with Crippen molar-refractivity contribution in [1.29, 1.82) is 0 Å². The third-order valence-corrected chi connectivity index (χ3v) is 4.39. The Morgan fingerprint density at radius 3 is 2.45 bits per heavy atom. The number of carbonyl (C=O) groups is 2. The van der Waals surface area contributed by atoms with Gasteiger partial charge >= 0.3 is 5.97 Å². The molecule has 0 bridgehead atoms. The quantitative estimate of drug-likeness (QED) is 0.595. The van der Waals surface area contributed by atoms with E-state index in [0.29, 0.717) is 0 Å². The first-order chi connectivity index (χ1) is 10.4. The van der Waals surface area contributed by atoms with Gasteiger partial charge in [-0.3, -0.25) is 9.59 Å². The van der Waals surface area contributed by atoms with E-state index in [2.05, 4.69) is 0 Å². The summed E-state index contributed by atoms with van der Waals surface area (Å²) >= 11 is 0. The van der Waals surface area contributed by atoms with Crippen molar-refractivity contribution < 1.29 is 24.4 Å². The van der Waals surface area contributed by atoms with Crippen LogP contribution in [0.1, 0.15) is 24.8 Å². The highest BCUT2D eigenvalue weighted by Crippen LogP contribution is 2.36. The fourth-order valence-corrected chi connectivity index (χ4v) is 2.80. The number of hydrogen-bond acceptors (Lipinski definition) is 4. The van der Waals surface area contributed by atoms with Crippen LogP contribution in [0.25, 0.3) is 6.08 Å². The van der Waals surface area contributed by atoms with Gasteiger partial charge in [-0.1, -0.05) is 42.5 Å². The van der Waals surface area contributed by atoms with Gasteiger partial charge in [-0.25, -0.2) is 0 Å². The van der Waals surface area contributed by atoms with E-state index in [0.717, 1.165) is 5.56 Å². The zero-order chi connectivity index (χ0) is 16.6. The number of amides is 1. The van der Waals surface area contributed by atoms with Crippen molar-refractivity contribution in [3.63, 3.8) is 0 Å². The Bertz CT molecular complexity index is 560. The minimum Gasteiger partial charge on any atom is -0.481 e. The van der Waals surface area contributed by atoms with Gasteiger partial charge in [0.05, 0.1) is 14.4 Å². The van der Waals surface area contributed by atoms with Gasteiger partial charge in [0, 0.05) is 12.8 Å². The van der Waals surface area contributed by atoms with E-state index in [-0.39, 0.29) is 19.3 Å². The standard InChI is InChI=1S/C15H20NO5P/c16-13(17)9-8-12(14(18)19)15(20,22-21)10-4-7-11-5-2-1-3-6-11/h1-7,12,20H,8-10,22H2,(H2,16,17)(H,18,19). The molecule has 0 saturated heterocycles. The van der Waals surface area contributed by atoms with Gasteiger partial charge in [-0.05, 0) is 12.0 Å². The largest absolute Gasteiger partial charge is 0.481 e. The number of carbonyl (C=O) groups excluding carboxylic acids is 1. The van der Waals surface area contributed by atoms with Gasteiger partial charge < -0.3 is 20.5 Å². The number of primary amides is 1. The highest BCUT2D eigenvalue weighted by molar-refractivity contribution is 7.25. The molecule has 0 aliphatic rings. The van der Waals surface area contributed by atoms with Crippen LogP contribution in [-0.4, -0.2) is 27.4 Å². The maximum atomic E-state index is 11.4. The maximum Gasteiger partial charge on any atom is 0.309 e. The van der Waals surface area contributed by atoms with Crippen LogP contribution in [0.2, 0.25) is 0 Å². The molecule has 4 N–H and O–H groups in total. The summed E-state index contributed by atoms with van der Waals surface area (Å²) in [6.45, 7) is 0. The van der Waals surface area contributed by atoms with Crippen LogP contribution in [0, 0.1) is 5.92 Å². The van der Waals surface area contributed by atoms with Gasteiger partial charge in [-0.15, -0.1) is 0 Å². The van der Waals surface area contributed by atoms with E-state index in [4.69, 9.17) is 5.73 Å². The SMILES string of the molecule is NC(=O)CCC(C(=O)O)C(O)(CC=Cc1ccccc1)[PH2]=O. The minimum atomic E-state index is -1.87. The van der Waals surface area contributed by atoms with Gasteiger partial charge in [0.1, 0.15) is 5.34 Å². The second-order valence-corrected chi connectivity index (χ2v) is 6.26. The third kappa shape index (κ3) is 5.47. The molecule has 0 fully saturated rings. The van der Waals surface area contributed by atoms with Crippen molar-refractivity contribution in [2.75, 3.05) is 0 Å². The van der Waals surface area contributed by atoms with Gasteiger partial charge in [0.25, 0.3) is 0 Å². The first-order valence-corrected chi connectivity index (χ1v) is 7.85. The molecule has 3 unspecified atom stereocenters. The number of nitrogens with two attached hydrogens (primary N) is 1. The first kappa shape index (κ1) is 18.1. The van der Waals surface area contributed by atoms with Crippen LogP contribution >= 0.6 is 8.46 Å². The predicted octanol–water partition coefficient (Wildman–Crippen LogP) is 1.50. The fraction of sp³-hybridized carbons (Fsp3) is 0.333. The van der Waals surface area contributed by atoms with Crippen LogP contribution < -0.4 is 5.73 Å². The molecule has 1 aromatic rings. The van der Waals surface area contributed by atoms with Gasteiger partial charge in [0.15, 0.2) is 0 Å². The number of hydrogen-bond donors (Lipinski definition) is 3. The van der Waals surface area contributed by atoms with Crippen molar-refractivity contribution in [3.05, 3.63) is 42.0 Å². The first-order valence-electron chi connectivity index (χ1n) is 6.80. The van der Waals surface area contributed by atoms with E-state index in [1.807, 2.05) is 30.3 Å². The Morgan fingerprint density at radius 2 is 1.95 bits per heavy atom. The molecule has 0 spiro atoms. The highest BCUT2D eigenvalue weighted by Gasteiger charge is 2.40. The van der Waals surface area contributed by atoms with E-state index in [1.165, 1.54) is 0 Å². The number of carboxylic acids is 1. The lowest BCUT2D eigenvalue weighted by atomic mass is 9.93. The topological polar surface area (TPSA) is 118 Å². The van der Waals surface area contributed by atoms with Gasteiger partial charge in [0.2, 0.25) is 5.91 Å². The molecule has 1 amide bonds. The summed E-state index contributed by atoms with van der Waals surface area (Å²) < 4.78 is 11.4. The Balaban J connectivity index is 2.83. The molecule has 1 aromatic carbocycles. The van der Waals surface area contributed by atoms with Crippen molar-refractivity contribution in [2.45, 2.75) is 24.6 Å². The van der Waals surface area contributed by atoms with Crippen LogP contribution in [0.15, 0.2) is 36.4 Å². The fourth-order valence-electron chi connectivity index (χ4n) is 2.09. The Kier molecular flexibility index (Phi) is 7.02. The summed E-state index contributed by atoms with van der Waals surface area (Å²) in [5.41, 5.74) is 5.89. The molecule has 6 nitrogen and oxygen atoms in total. The lowest BCUT2D eigenvalue weighted by Crippen LogP contribution is -2.37. The molecule has 0 saturated carbocycles. The lowest BCUT2D eigenvalue weighted by molar-refractivity contribution is -0.147. The molecular formula is C15H20NO5P. The minimum absolute atomic E-state index is 0.0730. The molecule has 0 aliphatic carbocycles. The zero-order valence-corrected chi connectivity index (χ0v) is 13.2. The summed E-state index contributed by atoms with van der Waals surface area (Å²) in [4.78, 5) is 22.1. The van der Waals surface area contributed by atoms with Crippen LogP contribution in [0.3, 0.4) is 0 Å². The molecule has 22 heavy (non-hydrogen) atoms. The molecule has 0 heterocycles.